The number of nitrogens with two attached hydrogens (primary N) is 1. The highest BCUT2D eigenvalue weighted by Crippen LogP contribution is 2.22. The average Bonchev–Trinajstić information content (AvgIpc) is 3.22. The molecule has 0 radical (unpaired) electrons. The number of imidazole rings is 1. The third kappa shape index (κ3) is 6.71. The molecule has 4 rings (SSSR count). The highest BCUT2D eigenvalue weighted by molar-refractivity contribution is 5.92. The lowest BCUT2D eigenvalue weighted by Gasteiger charge is -2.28. The Balaban J connectivity index is 1.24. The van der Waals surface area contributed by atoms with Crippen molar-refractivity contribution in [3.63, 3.8) is 0 Å². The van der Waals surface area contributed by atoms with Crippen LogP contribution in [0.4, 0.5) is 0 Å². The summed E-state index contributed by atoms with van der Waals surface area (Å²) >= 11 is 0. The van der Waals surface area contributed by atoms with Gasteiger partial charge in [0, 0.05) is 30.4 Å². The molecule has 188 valence electrons. The Kier molecular flexibility index (Phi) is 7.37. The molecule has 0 aliphatic carbocycles. The normalized spacial score (nSPS) is 12.4. The summed E-state index contributed by atoms with van der Waals surface area (Å²) < 4.78 is 11.4. The van der Waals surface area contributed by atoms with Crippen LogP contribution >= 0.6 is 0 Å². The van der Waals surface area contributed by atoms with Crippen LogP contribution in [0.5, 0.6) is 17.4 Å². The van der Waals surface area contributed by atoms with Gasteiger partial charge in [0.2, 0.25) is 11.8 Å². The third-order valence-electron chi connectivity index (χ3n) is 5.56. The summed E-state index contributed by atoms with van der Waals surface area (Å²) in [5.74, 6) is 1.02. The van der Waals surface area contributed by atoms with Crippen LogP contribution in [-0.4, -0.2) is 50.8 Å². The quantitative estimate of drug-likeness (QED) is 0.216. The molecule has 2 heterocycles. The van der Waals surface area contributed by atoms with Crippen LogP contribution in [0, 0.1) is 0 Å². The molecule has 10 nitrogen and oxygen atoms in total. The van der Waals surface area contributed by atoms with Gasteiger partial charge >= 0.3 is 5.69 Å². The van der Waals surface area contributed by atoms with Crippen LogP contribution in [0.3, 0.4) is 0 Å². The second-order valence-electron chi connectivity index (χ2n) is 9.19. The van der Waals surface area contributed by atoms with Crippen molar-refractivity contribution >= 4 is 16.9 Å². The van der Waals surface area contributed by atoms with E-state index in [0.717, 1.165) is 12.0 Å². The van der Waals surface area contributed by atoms with Crippen molar-refractivity contribution in [3.05, 3.63) is 82.4 Å². The van der Waals surface area contributed by atoms with Gasteiger partial charge in [0.05, 0.1) is 16.6 Å². The summed E-state index contributed by atoms with van der Waals surface area (Å²) in [5, 5.41) is 13.8. The minimum Gasteiger partial charge on any atom is -0.491 e. The van der Waals surface area contributed by atoms with Crippen molar-refractivity contribution in [2.75, 3.05) is 13.2 Å². The summed E-state index contributed by atoms with van der Waals surface area (Å²) in [6, 6.07) is 16.0. The number of nitrogens with one attached hydrogen (secondary N) is 3. The summed E-state index contributed by atoms with van der Waals surface area (Å²) in [4.78, 5) is 32.0. The maximum Gasteiger partial charge on any atom is 0.323 e. The molecule has 0 bridgehead atoms. The molecule has 2 aromatic carbocycles. The molecule has 0 aliphatic rings. The number of fused-ring (bicyclic) bond motifs is 1. The van der Waals surface area contributed by atoms with Crippen LogP contribution in [0.1, 0.15) is 29.8 Å². The molecular weight excluding hydrogens is 462 g/mol. The van der Waals surface area contributed by atoms with E-state index in [1.807, 2.05) is 24.3 Å². The standard InChI is InChI=1S/C26H29N5O5/c1-26(2,29-14-18(32)15-35-20-8-9-21-22(11-20)31-25(34)30-21)12-16-3-6-19(7-4-16)36-23-10-5-17(13-28-23)24(27)33/h3-11,13,18,29,32H,12,14-15H2,1-2H3,(H2,27,33)(H2,30,31,34)/t18-/m1/s1. The molecule has 0 aliphatic heterocycles. The lowest BCUT2D eigenvalue weighted by Crippen LogP contribution is -2.46. The number of aromatic nitrogens is 3. The zero-order valence-corrected chi connectivity index (χ0v) is 20.1. The Bertz CT molecular complexity index is 1380. The molecule has 0 saturated carbocycles. The van der Waals surface area contributed by atoms with Gasteiger partial charge in [0.1, 0.15) is 24.2 Å². The van der Waals surface area contributed by atoms with Gasteiger partial charge in [-0.3, -0.25) is 4.79 Å². The maximum absolute atomic E-state index is 11.4. The highest BCUT2D eigenvalue weighted by Gasteiger charge is 2.20. The predicted molar refractivity (Wildman–Crippen MR) is 135 cm³/mol. The molecule has 6 N–H and O–H groups in total. The van der Waals surface area contributed by atoms with Crippen molar-refractivity contribution in [3.8, 4) is 17.4 Å². The van der Waals surface area contributed by atoms with Crippen LogP contribution in [0.2, 0.25) is 0 Å². The van der Waals surface area contributed by atoms with Crippen molar-refractivity contribution in [2.24, 2.45) is 5.73 Å². The van der Waals surface area contributed by atoms with Crippen molar-refractivity contribution in [2.45, 2.75) is 31.9 Å². The first kappa shape index (κ1) is 25.0. The predicted octanol–water partition coefficient (Wildman–Crippen LogP) is 2.49. The number of hydrogen-bond acceptors (Lipinski definition) is 7. The molecule has 10 heteroatoms. The third-order valence-corrected chi connectivity index (χ3v) is 5.56. The van der Waals surface area contributed by atoms with Crippen molar-refractivity contribution < 1.29 is 19.4 Å². The summed E-state index contributed by atoms with van der Waals surface area (Å²) in [7, 11) is 0. The fourth-order valence-corrected chi connectivity index (χ4v) is 3.70. The Morgan fingerprint density at radius 1 is 1.08 bits per heavy atom. The number of ether oxygens (including phenoxy) is 2. The lowest BCUT2D eigenvalue weighted by molar-refractivity contribution is 0.0989. The minimum atomic E-state index is -0.713. The number of aromatic amines is 2. The van der Waals surface area contributed by atoms with Crippen LogP contribution < -0.4 is 26.2 Å². The van der Waals surface area contributed by atoms with Gasteiger partial charge in [-0.2, -0.15) is 0 Å². The zero-order chi connectivity index (χ0) is 25.7. The van der Waals surface area contributed by atoms with E-state index in [9.17, 15) is 14.7 Å². The minimum absolute atomic E-state index is 0.115. The number of aliphatic hydroxyl groups is 1. The van der Waals surface area contributed by atoms with Gasteiger partial charge in [0.25, 0.3) is 0 Å². The van der Waals surface area contributed by atoms with Gasteiger partial charge < -0.3 is 35.6 Å². The topological polar surface area (TPSA) is 155 Å². The van der Waals surface area contributed by atoms with Crippen LogP contribution in [0.15, 0.2) is 65.6 Å². The molecule has 0 saturated heterocycles. The van der Waals surface area contributed by atoms with Crippen LogP contribution in [0.25, 0.3) is 11.0 Å². The fraction of sp³-hybridized carbons (Fsp3) is 0.269. The number of β-amino-alcohol motifs (C(OH)–C–C–N with tert-alkyl or cyclic N) is 1. The molecule has 1 atom stereocenters. The van der Waals surface area contributed by atoms with E-state index in [0.29, 0.717) is 40.5 Å². The molecule has 1 amide bonds. The first-order valence-electron chi connectivity index (χ1n) is 11.5. The average molecular weight is 492 g/mol. The Morgan fingerprint density at radius 2 is 1.81 bits per heavy atom. The number of carbonyl (C=O) groups is 1. The van der Waals surface area contributed by atoms with E-state index >= 15 is 0 Å². The molecule has 36 heavy (non-hydrogen) atoms. The van der Waals surface area contributed by atoms with Gasteiger partial charge in [-0.05, 0) is 56.2 Å². The SMILES string of the molecule is CC(C)(Cc1ccc(Oc2ccc(C(N)=O)cn2)cc1)NC[C@@H](O)COc1ccc2[nH]c(=O)[nH]c2c1. The summed E-state index contributed by atoms with van der Waals surface area (Å²) in [6.07, 6.45) is 1.39. The first-order valence-corrected chi connectivity index (χ1v) is 11.5. The zero-order valence-electron chi connectivity index (χ0n) is 20.1. The van der Waals surface area contributed by atoms with E-state index in [1.165, 1.54) is 6.20 Å². The molecule has 0 unspecified atom stereocenters. The van der Waals surface area contributed by atoms with Gasteiger partial charge in [0.15, 0.2) is 0 Å². The van der Waals surface area contributed by atoms with E-state index in [4.69, 9.17) is 15.2 Å². The number of amides is 1. The summed E-state index contributed by atoms with van der Waals surface area (Å²) in [6.45, 7) is 4.59. The second-order valence-corrected chi connectivity index (χ2v) is 9.19. The van der Waals surface area contributed by atoms with Gasteiger partial charge in [-0.1, -0.05) is 12.1 Å². The number of pyridine rings is 1. The number of rotatable bonds is 11. The first-order chi connectivity index (χ1) is 17.2. The van der Waals surface area contributed by atoms with E-state index in [2.05, 4.69) is 34.1 Å². The van der Waals surface area contributed by atoms with E-state index < -0.39 is 12.0 Å². The largest absolute Gasteiger partial charge is 0.491 e. The Labute approximate surface area is 207 Å². The smallest absolute Gasteiger partial charge is 0.323 e. The molecule has 2 aromatic heterocycles. The molecule has 4 aromatic rings. The fourth-order valence-electron chi connectivity index (χ4n) is 3.70. The molecular formula is C26H29N5O5. The van der Waals surface area contributed by atoms with Gasteiger partial charge in [-0.15, -0.1) is 0 Å². The maximum atomic E-state index is 11.4. The second kappa shape index (κ2) is 10.6. The van der Waals surface area contributed by atoms with Crippen LogP contribution in [-0.2, 0) is 6.42 Å². The number of primary amides is 1. The van der Waals surface area contributed by atoms with E-state index in [1.54, 1.807) is 30.3 Å². The number of aliphatic hydroxyl groups excluding tert-OH is 1. The Morgan fingerprint density at radius 3 is 2.50 bits per heavy atom. The number of hydrogen-bond donors (Lipinski definition) is 5. The number of benzene rings is 2. The van der Waals surface area contributed by atoms with E-state index in [-0.39, 0.29) is 17.8 Å². The summed E-state index contributed by atoms with van der Waals surface area (Å²) in [5.41, 5.74) is 7.44. The monoisotopic (exact) mass is 491 g/mol. The number of carbonyl (C=O) groups excluding carboxylic acids is 1. The number of nitrogens with zero attached hydrogens (tertiary/aromatic N) is 1. The highest BCUT2D eigenvalue weighted by atomic mass is 16.5. The Hall–Kier alpha value is -4.15. The number of H-pyrrole nitrogens is 2. The van der Waals surface area contributed by atoms with Crippen molar-refractivity contribution in [1.29, 1.82) is 0 Å². The molecule has 0 fully saturated rings. The molecule has 0 spiro atoms. The van der Waals surface area contributed by atoms with Crippen molar-refractivity contribution in [1.82, 2.24) is 20.3 Å². The lowest BCUT2D eigenvalue weighted by atomic mass is 9.94. The van der Waals surface area contributed by atoms with Gasteiger partial charge in [-0.25, -0.2) is 9.78 Å².